The highest BCUT2D eigenvalue weighted by Crippen LogP contribution is 2.41. The van der Waals surface area contributed by atoms with E-state index in [1.54, 1.807) is 41.7 Å². The van der Waals surface area contributed by atoms with Gasteiger partial charge in [-0.1, -0.05) is 0 Å². The molecule has 1 saturated carbocycles. The number of carbonyl (C=O) groups excluding carboxylic acids is 1. The number of aromatic nitrogens is 5. The van der Waals surface area contributed by atoms with Crippen molar-refractivity contribution in [2.24, 2.45) is 13.0 Å². The lowest BCUT2D eigenvalue weighted by Gasteiger charge is -2.38. The van der Waals surface area contributed by atoms with E-state index < -0.39 is 36.8 Å². The fourth-order valence-corrected chi connectivity index (χ4v) is 5.75. The number of amides is 1. The number of hydrogen-bond acceptors (Lipinski definition) is 6. The normalized spacial score (nSPS) is 19.1. The van der Waals surface area contributed by atoms with Gasteiger partial charge < -0.3 is 15.4 Å². The molecule has 1 aromatic carbocycles. The molecule has 212 valence electrons. The molecule has 2 fully saturated rings. The Morgan fingerprint density at radius 1 is 1.20 bits per heavy atom. The van der Waals surface area contributed by atoms with Crippen LogP contribution in [0.25, 0.3) is 22.5 Å². The van der Waals surface area contributed by atoms with Crippen molar-refractivity contribution < 1.29 is 22.7 Å². The summed E-state index contributed by atoms with van der Waals surface area (Å²) < 4.78 is 51.8. The second-order valence-electron chi connectivity index (χ2n) is 11.3. The van der Waals surface area contributed by atoms with Gasteiger partial charge in [0.05, 0.1) is 24.5 Å². The predicted molar refractivity (Wildman–Crippen MR) is 144 cm³/mol. The van der Waals surface area contributed by atoms with E-state index in [0.29, 0.717) is 51.9 Å². The van der Waals surface area contributed by atoms with E-state index in [-0.39, 0.29) is 17.9 Å². The van der Waals surface area contributed by atoms with Crippen molar-refractivity contribution in [2.75, 3.05) is 18.8 Å². The minimum atomic E-state index is -2.91. The van der Waals surface area contributed by atoms with Crippen LogP contribution in [-0.2, 0) is 20.0 Å². The van der Waals surface area contributed by atoms with Gasteiger partial charge in [-0.15, -0.1) is 0 Å². The molecule has 1 saturated heterocycles. The molecular weight excluding hydrogens is 535 g/mol. The number of pyridine rings is 1. The van der Waals surface area contributed by atoms with Crippen molar-refractivity contribution in [2.45, 2.75) is 44.8 Å². The van der Waals surface area contributed by atoms with E-state index in [9.17, 15) is 18.0 Å². The highest BCUT2D eigenvalue weighted by atomic mass is 19.3. The molecule has 2 N–H and O–H groups in total. The van der Waals surface area contributed by atoms with Crippen molar-refractivity contribution in [1.29, 1.82) is 0 Å². The number of hydrogen-bond donors (Lipinski definition) is 1. The number of nitrogen functional groups attached to an aromatic ring is 1. The number of anilines is 1. The summed E-state index contributed by atoms with van der Waals surface area (Å²) in [4.78, 5) is 19.2. The van der Waals surface area contributed by atoms with Crippen LogP contribution in [0.1, 0.15) is 53.0 Å². The first-order valence-corrected chi connectivity index (χ1v) is 13.6. The Morgan fingerprint density at radius 2 is 1.98 bits per heavy atom. The summed E-state index contributed by atoms with van der Waals surface area (Å²) in [6, 6.07) is 6.19. The number of fused-ring (bicyclic) bond motifs is 7. The van der Waals surface area contributed by atoms with Crippen LogP contribution in [0.3, 0.4) is 0 Å². The van der Waals surface area contributed by atoms with E-state index in [1.165, 1.54) is 12.1 Å². The molecule has 5 heterocycles. The number of alkyl halides is 2. The number of benzene rings is 1. The lowest BCUT2D eigenvalue weighted by molar-refractivity contribution is -0.113. The van der Waals surface area contributed by atoms with E-state index >= 15 is 0 Å². The van der Waals surface area contributed by atoms with E-state index in [2.05, 4.69) is 4.98 Å². The molecule has 7 rings (SSSR count). The first kappa shape index (κ1) is 25.6. The molecule has 3 aliphatic rings. The molecule has 0 spiro atoms. The zero-order chi connectivity index (χ0) is 28.6. The van der Waals surface area contributed by atoms with Gasteiger partial charge in [0.25, 0.3) is 11.8 Å². The van der Waals surface area contributed by atoms with Crippen LogP contribution in [0, 0.1) is 11.7 Å². The quantitative estimate of drug-likeness (QED) is 0.391. The summed E-state index contributed by atoms with van der Waals surface area (Å²) in [7, 11) is 1.79. The van der Waals surface area contributed by atoms with E-state index in [0.717, 1.165) is 23.3 Å². The monoisotopic (exact) mass is 563 g/mol. The Hall–Kier alpha value is -4.35. The molecule has 12 heteroatoms. The third-order valence-electron chi connectivity index (χ3n) is 7.95. The maximum atomic E-state index is 14.5. The smallest absolute Gasteiger partial charge is 0.282 e. The van der Waals surface area contributed by atoms with Crippen molar-refractivity contribution in [3.8, 4) is 28.3 Å². The van der Waals surface area contributed by atoms with Crippen LogP contribution in [0.2, 0.25) is 0 Å². The van der Waals surface area contributed by atoms with Crippen LogP contribution in [0.15, 0.2) is 36.7 Å². The molecule has 4 aromatic rings. The van der Waals surface area contributed by atoms with Gasteiger partial charge in [-0.2, -0.15) is 10.2 Å². The Bertz CT molecular complexity index is 1700. The average molecular weight is 564 g/mol. The number of nitrogens with two attached hydrogens (primary N) is 1. The molecule has 9 nitrogen and oxygen atoms in total. The molecule has 2 aliphatic heterocycles. The first-order chi connectivity index (χ1) is 19.6. The van der Waals surface area contributed by atoms with Gasteiger partial charge >= 0.3 is 0 Å². The minimum Gasteiger partial charge on any atom is -0.482 e. The van der Waals surface area contributed by atoms with Gasteiger partial charge in [-0.3, -0.25) is 14.2 Å². The summed E-state index contributed by atoms with van der Waals surface area (Å²) in [6.45, 7) is 1.09. The number of likely N-dealkylation sites (tertiary alicyclic amines) is 1. The third kappa shape index (κ3) is 4.51. The largest absolute Gasteiger partial charge is 0.482 e. The maximum absolute atomic E-state index is 14.5. The van der Waals surface area contributed by atoms with Crippen LogP contribution in [0.4, 0.5) is 19.0 Å². The number of aryl methyl sites for hydroxylation is 1. The van der Waals surface area contributed by atoms with E-state index in [1.807, 2.05) is 6.20 Å². The van der Waals surface area contributed by atoms with Gasteiger partial charge in [0.15, 0.2) is 17.3 Å². The number of ether oxygens (including phenoxy) is 1. The summed E-state index contributed by atoms with van der Waals surface area (Å²) >= 11 is 0. The summed E-state index contributed by atoms with van der Waals surface area (Å²) in [5.41, 5.74) is 10.8. The number of rotatable bonds is 3. The number of halogens is 3. The molecule has 41 heavy (non-hydrogen) atoms. The highest BCUT2D eigenvalue weighted by Gasteiger charge is 2.47. The second kappa shape index (κ2) is 9.08. The summed E-state index contributed by atoms with van der Waals surface area (Å²) in [5, 5.41) is 9.45. The molecule has 0 unspecified atom stereocenters. The second-order valence-corrected chi connectivity index (χ2v) is 11.3. The van der Waals surface area contributed by atoms with Crippen molar-refractivity contribution in [3.63, 3.8) is 0 Å². The fraction of sp³-hybridized carbons (Fsp3) is 0.379. The van der Waals surface area contributed by atoms with Crippen molar-refractivity contribution >= 4 is 11.7 Å². The van der Waals surface area contributed by atoms with Gasteiger partial charge in [-0.05, 0) is 49.9 Å². The topological polar surface area (TPSA) is 104 Å². The number of carbonyl (C=O) groups is 1. The summed E-state index contributed by atoms with van der Waals surface area (Å²) in [6.07, 6.45) is 5.17. The Balaban J connectivity index is 1.48. The predicted octanol–water partition coefficient (Wildman–Crippen LogP) is 4.61. The van der Waals surface area contributed by atoms with Gasteiger partial charge in [0.2, 0.25) is 0 Å². The van der Waals surface area contributed by atoms with Gasteiger partial charge in [-0.25, -0.2) is 18.2 Å². The Morgan fingerprint density at radius 3 is 2.71 bits per heavy atom. The SMILES string of the molecule is C[C@H]1Oc2cc(cnc2N)-c2c(c(C(=O)N3CC(F)(F)C3)nn2CC2CC2)Cc2cn(C)nc2-c2ccc(F)cc21. The molecular formula is C29H28F3N7O2. The summed E-state index contributed by atoms with van der Waals surface area (Å²) in [5.74, 6) is -3.02. The highest BCUT2D eigenvalue weighted by molar-refractivity contribution is 5.96. The molecule has 1 aliphatic carbocycles. The van der Waals surface area contributed by atoms with Crippen LogP contribution in [-0.4, -0.2) is 54.4 Å². The Labute approximate surface area is 233 Å². The van der Waals surface area contributed by atoms with Crippen molar-refractivity contribution in [1.82, 2.24) is 29.4 Å². The zero-order valence-electron chi connectivity index (χ0n) is 22.6. The number of nitrogens with zero attached hydrogens (tertiary/aromatic N) is 6. The van der Waals surface area contributed by atoms with Crippen LogP contribution < -0.4 is 10.5 Å². The van der Waals surface area contributed by atoms with Crippen LogP contribution in [0.5, 0.6) is 5.75 Å². The molecule has 2 bridgehead atoms. The molecule has 0 radical (unpaired) electrons. The minimum absolute atomic E-state index is 0.120. The lowest BCUT2D eigenvalue weighted by atomic mass is 9.93. The van der Waals surface area contributed by atoms with E-state index in [4.69, 9.17) is 20.7 Å². The molecule has 1 atom stereocenters. The molecule has 1 amide bonds. The fourth-order valence-electron chi connectivity index (χ4n) is 5.75. The zero-order valence-corrected chi connectivity index (χ0v) is 22.6. The van der Waals surface area contributed by atoms with Crippen molar-refractivity contribution in [3.05, 3.63) is 64.9 Å². The first-order valence-electron chi connectivity index (χ1n) is 13.6. The standard InChI is InChI=1S/C29H28F3N7O2/c1-15-21-9-19(30)5-6-20(21)24-18(12-37(2)35-24)7-22-25(28(40)38-13-29(31,32)14-38)36-39(11-16-3-4-16)26(22)17-8-23(41-15)27(33)34-10-17/h5-6,8-10,12,15-16H,3-4,7,11,13-14H2,1-2H3,(H2,33,34)/t15-/m1/s1. The van der Waals surface area contributed by atoms with Gasteiger partial charge in [0.1, 0.15) is 11.9 Å². The Kier molecular flexibility index (Phi) is 5.67. The maximum Gasteiger partial charge on any atom is 0.282 e. The lowest BCUT2D eigenvalue weighted by Crippen LogP contribution is -2.58. The average Bonchev–Trinajstić information content (AvgIpc) is 3.55. The van der Waals surface area contributed by atoms with Crippen LogP contribution >= 0.6 is 0 Å². The third-order valence-corrected chi connectivity index (χ3v) is 7.95. The van der Waals surface area contributed by atoms with Gasteiger partial charge in [0, 0.05) is 60.2 Å². The molecule has 3 aromatic heterocycles.